The molecule has 0 saturated heterocycles. The molecule has 0 amide bonds. The van der Waals surface area contributed by atoms with E-state index in [0.717, 1.165) is 11.3 Å². The highest BCUT2D eigenvalue weighted by molar-refractivity contribution is 5.93. The molecule has 2 aromatic carbocycles. The van der Waals surface area contributed by atoms with Crippen molar-refractivity contribution in [3.8, 4) is 11.5 Å². The third-order valence-electron chi connectivity index (χ3n) is 3.97. The highest BCUT2D eigenvalue weighted by Gasteiger charge is 2.27. The molecule has 0 unspecified atom stereocenters. The molecule has 0 aromatic heterocycles. The van der Waals surface area contributed by atoms with Crippen molar-refractivity contribution >= 4 is 11.6 Å². The summed E-state index contributed by atoms with van der Waals surface area (Å²) in [5.41, 5.74) is 2.40. The average Bonchev–Trinajstić information content (AvgIpc) is 2.72. The van der Waals surface area contributed by atoms with Crippen molar-refractivity contribution in [1.82, 2.24) is 5.32 Å². The highest BCUT2D eigenvalue weighted by Crippen LogP contribution is 2.30. The zero-order valence-electron chi connectivity index (χ0n) is 17.2. The number of nitrogens with zero attached hydrogens (tertiary/aromatic N) is 1. The van der Waals surface area contributed by atoms with Crippen molar-refractivity contribution in [2.24, 2.45) is 4.99 Å². The number of hydrogen-bond donors (Lipinski definition) is 2. The SMILES string of the molecule is CCOc1ccc(NC(=NC)NCc2ccc(COCC(F)(F)F)cc2)cc1OC. The van der Waals surface area contributed by atoms with E-state index in [2.05, 4.69) is 20.4 Å². The third kappa shape index (κ3) is 7.82. The molecule has 0 radical (unpaired) electrons. The van der Waals surface area contributed by atoms with Crippen molar-refractivity contribution in [2.75, 3.05) is 32.7 Å². The second-order valence-corrected chi connectivity index (χ2v) is 6.27. The van der Waals surface area contributed by atoms with E-state index in [4.69, 9.17) is 9.47 Å². The summed E-state index contributed by atoms with van der Waals surface area (Å²) in [6.45, 7) is 1.58. The van der Waals surface area contributed by atoms with Gasteiger partial charge in [0, 0.05) is 25.3 Å². The minimum absolute atomic E-state index is 0.0873. The van der Waals surface area contributed by atoms with Gasteiger partial charge < -0.3 is 24.8 Å². The van der Waals surface area contributed by atoms with Crippen molar-refractivity contribution in [3.05, 3.63) is 53.6 Å². The predicted molar refractivity (Wildman–Crippen MR) is 110 cm³/mol. The number of ether oxygens (including phenoxy) is 3. The first-order valence-corrected chi connectivity index (χ1v) is 9.35. The topological polar surface area (TPSA) is 64.1 Å². The van der Waals surface area contributed by atoms with Gasteiger partial charge in [0.1, 0.15) is 6.61 Å². The summed E-state index contributed by atoms with van der Waals surface area (Å²) in [6.07, 6.45) is -4.32. The molecule has 164 valence electrons. The second kappa shape index (κ2) is 11.3. The number of alkyl halides is 3. The van der Waals surface area contributed by atoms with Crippen LogP contribution in [0.3, 0.4) is 0 Å². The lowest BCUT2D eigenvalue weighted by atomic mass is 10.1. The van der Waals surface area contributed by atoms with E-state index in [1.165, 1.54) is 0 Å². The molecule has 6 nitrogen and oxygen atoms in total. The van der Waals surface area contributed by atoms with Crippen LogP contribution < -0.4 is 20.1 Å². The predicted octanol–water partition coefficient (Wildman–Crippen LogP) is 4.36. The lowest BCUT2D eigenvalue weighted by Crippen LogP contribution is -2.30. The van der Waals surface area contributed by atoms with Gasteiger partial charge in [0.2, 0.25) is 0 Å². The molecule has 0 aliphatic carbocycles. The maximum absolute atomic E-state index is 12.1. The van der Waals surface area contributed by atoms with Crippen molar-refractivity contribution in [3.63, 3.8) is 0 Å². The van der Waals surface area contributed by atoms with Crippen LogP contribution in [0.15, 0.2) is 47.5 Å². The van der Waals surface area contributed by atoms with Crippen molar-refractivity contribution in [1.29, 1.82) is 0 Å². The summed E-state index contributed by atoms with van der Waals surface area (Å²) in [4.78, 5) is 4.19. The van der Waals surface area contributed by atoms with Gasteiger partial charge in [-0.1, -0.05) is 24.3 Å². The molecule has 9 heteroatoms. The van der Waals surface area contributed by atoms with Crippen LogP contribution >= 0.6 is 0 Å². The maximum atomic E-state index is 12.1. The summed E-state index contributed by atoms with van der Waals surface area (Å²) in [6, 6.07) is 12.6. The molecule has 0 bridgehead atoms. The van der Waals surface area contributed by atoms with Gasteiger partial charge in [-0.2, -0.15) is 13.2 Å². The number of benzene rings is 2. The zero-order valence-corrected chi connectivity index (χ0v) is 17.2. The fourth-order valence-electron chi connectivity index (χ4n) is 2.56. The molecule has 0 heterocycles. The molecular formula is C21H26F3N3O3. The summed E-state index contributed by atoms with van der Waals surface area (Å²) in [5, 5.41) is 6.35. The fourth-order valence-corrected chi connectivity index (χ4v) is 2.56. The number of nitrogens with one attached hydrogen (secondary N) is 2. The Bertz CT molecular complexity index is 824. The van der Waals surface area contributed by atoms with Gasteiger partial charge in [0.25, 0.3) is 0 Å². The Kier molecular flexibility index (Phi) is 8.79. The van der Waals surface area contributed by atoms with E-state index in [1.54, 1.807) is 26.3 Å². The Morgan fingerprint density at radius 2 is 1.73 bits per heavy atom. The molecule has 0 fully saturated rings. The molecule has 0 saturated carbocycles. The van der Waals surface area contributed by atoms with Crippen molar-refractivity contribution < 1.29 is 27.4 Å². The van der Waals surface area contributed by atoms with Crippen LogP contribution in [-0.4, -0.2) is 39.5 Å². The van der Waals surface area contributed by atoms with Crippen LogP contribution in [0, 0.1) is 0 Å². The van der Waals surface area contributed by atoms with Crippen LogP contribution in [0.2, 0.25) is 0 Å². The van der Waals surface area contributed by atoms with Crippen LogP contribution in [-0.2, 0) is 17.9 Å². The second-order valence-electron chi connectivity index (χ2n) is 6.27. The van der Waals surface area contributed by atoms with Gasteiger partial charge in [-0.05, 0) is 30.2 Å². The standard InChI is InChI=1S/C21H26F3N3O3/c1-4-30-18-10-9-17(11-19(18)28-3)27-20(25-2)26-12-15-5-7-16(8-6-15)13-29-14-21(22,23)24/h5-11H,4,12-14H2,1-3H3,(H2,25,26,27). The number of guanidine groups is 1. The Balaban J connectivity index is 1.88. The van der Waals surface area contributed by atoms with Crippen LogP contribution in [0.25, 0.3) is 0 Å². The highest BCUT2D eigenvalue weighted by atomic mass is 19.4. The van der Waals surface area contributed by atoms with E-state index in [0.29, 0.717) is 36.2 Å². The Morgan fingerprint density at radius 3 is 2.33 bits per heavy atom. The van der Waals surface area contributed by atoms with Crippen molar-refractivity contribution in [2.45, 2.75) is 26.3 Å². The Labute approximate surface area is 174 Å². The van der Waals surface area contributed by atoms with Gasteiger partial charge in [-0.3, -0.25) is 4.99 Å². The third-order valence-corrected chi connectivity index (χ3v) is 3.97. The maximum Gasteiger partial charge on any atom is 0.411 e. The normalized spacial score (nSPS) is 11.9. The largest absolute Gasteiger partial charge is 0.493 e. The first-order valence-electron chi connectivity index (χ1n) is 9.35. The Hall–Kier alpha value is -2.94. The Morgan fingerprint density at radius 1 is 1.03 bits per heavy atom. The fraction of sp³-hybridized carbons (Fsp3) is 0.381. The summed E-state index contributed by atoms with van der Waals surface area (Å²) >= 11 is 0. The van der Waals surface area contributed by atoms with Crippen LogP contribution in [0.4, 0.5) is 18.9 Å². The molecule has 0 atom stereocenters. The first-order chi connectivity index (χ1) is 14.3. The molecule has 2 rings (SSSR count). The average molecular weight is 425 g/mol. The molecule has 30 heavy (non-hydrogen) atoms. The minimum atomic E-state index is -4.32. The number of anilines is 1. The number of halogens is 3. The lowest BCUT2D eigenvalue weighted by molar-refractivity contribution is -0.176. The number of rotatable bonds is 9. The number of hydrogen-bond acceptors (Lipinski definition) is 4. The van der Waals surface area contributed by atoms with Gasteiger partial charge in [-0.15, -0.1) is 0 Å². The zero-order chi connectivity index (χ0) is 22.0. The van der Waals surface area contributed by atoms with E-state index < -0.39 is 12.8 Å². The van der Waals surface area contributed by atoms with Gasteiger partial charge in [0.05, 0.1) is 20.3 Å². The number of aliphatic imine (C=N–C) groups is 1. The van der Waals surface area contributed by atoms with E-state index >= 15 is 0 Å². The molecule has 0 aliphatic rings. The summed E-state index contributed by atoms with van der Waals surface area (Å²) in [5.74, 6) is 1.83. The summed E-state index contributed by atoms with van der Waals surface area (Å²) in [7, 11) is 3.23. The van der Waals surface area contributed by atoms with Gasteiger partial charge >= 0.3 is 6.18 Å². The molecule has 0 aliphatic heterocycles. The summed E-state index contributed by atoms with van der Waals surface area (Å²) < 4.78 is 51.9. The minimum Gasteiger partial charge on any atom is -0.493 e. The van der Waals surface area contributed by atoms with Crippen LogP contribution in [0.5, 0.6) is 11.5 Å². The smallest absolute Gasteiger partial charge is 0.411 e. The first kappa shape index (κ1) is 23.3. The molecular weight excluding hydrogens is 399 g/mol. The lowest BCUT2D eigenvalue weighted by Gasteiger charge is -2.15. The van der Waals surface area contributed by atoms with E-state index in [9.17, 15) is 13.2 Å². The van der Waals surface area contributed by atoms with Gasteiger partial charge in [0.15, 0.2) is 17.5 Å². The van der Waals surface area contributed by atoms with Gasteiger partial charge in [-0.25, -0.2) is 0 Å². The van der Waals surface area contributed by atoms with E-state index in [1.807, 2.05) is 37.3 Å². The quantitative estimate of drug-likeness (QED) is 0.462. The number of methoxy groups -OCH3 is 1. The van der Waals surface area contributed by atoms with Crippen LogP contribution in [0.1, 0.15) is 18.1 Å². The molecule has 0 spiro atoms. The molecule has 2 N–H and O–H groups in total. The van der Waals surface area contributed by atoms with E-state index in [-0.39, 0.29) is 6.61 Å². The molecule has 2 aromatic rings. The monoisotopic (exact) mass is 425 g/mol.